The largest absolute Gasteiger partial charge is 0.352 e. The Morgan fingerprint density at radius 1 is 1.16 bits per heavy atom. The van der Waals surface area contributed by atoms with Gasteiger partial charge in [0.25, 0.3) is 5.91 Å². The number of aryl methyl sites for hydroxylation is 1. The van der Waals surface area contributed by atoms with Crippen LogP contribution in [-0.4, -0.2) is 28.3 Å². The van der Waals surface area contributed by atoms with Gasteiger partial charge in [-0.05, 0) is 49.2 Å². The van der Waals surface area contributed by atoms with Crippen LogP contribution in [0.15, 0.2) is 42.5 Å². The summed E-state index contributed by atoms with van der Waals surface area (Å²) in [5.41, 5.74) is 4.21. The molecule has 0 radical (unpaired) electrons. The van der Waals surface area contributed by atoms with Gasteiger partial charge >= 0.3 is 0 Å². The summed E-state index contributed by atoms with van der Waals surface area (Å²) in [6.07, 6.45) is 0.727. The van der Waals surface area contributed by atoms with E-state index in [1.165, 1.54) is 6.92 Å². The van der Waals surface area contributed by atoms with E-state index >= 15 is 0 Å². The Morgan fingerprint density at radius 3 is 2.80 bits per heavy atom. The van der Waals surface area contributed by atoms with Gasteiger partial charge in [-0.1, -0.05) is 12.1 Å². The van der Waals surface area contributed by atoms with Gasteiger partial charge < -0.3 is 15.6 Å². The van der Waals surface area contributed by atoms with Crippen molar-refractivity contribution in [1.82, 2.24) is 15.3 Å². The number of aromatic amines is 1. The average Bonchev–Trinajstić information content (AvgIpc) is 2.93. The summed E-state index contributed by atoms with van der Waals surface area (Å²) in [6.45, 7) is 3.89. The smallest absolute Gasteiger partial charge is 0.251 e. The number of benzene rings is 2. The topological polar surface area (TPSA) is 86.9 Å². The third-order valence-electron chi connectivity index (χ3n) is 3.81. The number of anilines is 1. The molecule has 25 heavy (non-hydrogen) atoms. The van der Waals surface area contributed by atoms with Crippen LogP contribution in [0.3, 0.4) is 0 Å². The standard InChI is InChI=1S/C19H20N4O2/c1-12-21-17-7-6-14(10-18(17)22-12)8-9-20-19(25)15-4-3-5-16(11-15)23-13(2)24/h3-7,10-11H,8-9H2,1-2H3,(H,20,25)(H,21,22)(H,23,24). The Balaban J connectivity index is 1.59. The number of nitrogens with one attached hydrogen (secondary N) is 3. The molecule has 128 valence electrons. The zero-order valence-electron chi connectivity index (χ0n) is 14.2. The summed E-state index contributed by atoms with van der Waals surface area (Å²) < 4.78 is 0. The Kier molecular flexibility index (Phi) is 4.79. The Hall–Kier alpha value is -3.15. The molecular formula is C19H20N4O2. The zero-order valence-corrected chi connectivity index (χ0v) is 14.2. The molecule has 3 aromatic rings. The molecule has 0 fully saturated rings. The molecule has 1 heterocycles. The van der Waals surface area contributed by atoms with Crippen molar-refractivity contribution in [3.05, 3.63) is 59.4 Å². The second kappa shape index (κ2) is 7.17. The molecule has 1 aromatic heterocycles. The van der Waals surface area contributed by atoms with Gasteiger partial charge in [-0.15, -0.1) is 0 Å². The lowest BCUT2D eigenvalue weighted by atomic mass is 10.1. The van der Waals surface area contributed by atoms with Crippen molar-refractivity contribution in [3.8, 4) is 0 Å². The van der Waals surface area contributed by atoms with Gasteiger partial charge in [0.1, 0.15) is 5.82 Å². The summed E-state index contributed by atoms with van der Waals surface area (Å²) in [4.78, 5) is 30.9. The second-order valence-corrected chi connectivity index (χ2v) is 5.94. The molecule has 0 unspecified atom stereocenters. The molecule has 0 aliphatic rings. The SMILES string of the molecule is CC(=O)Nc1cccc(C(=O)NCCc2ccc3nc(C)[nH]c3c2)c1. The van der Waals surface area contributed by atoms with Crippen molar-refractivity contribution in [3.63, 3.8) is 0 Å². The lowest BCUT2D eigenvalue weighted by Crippen LogP contribution is -2.25. The molecule has 3 N–H and O–H groups in total. The summed E-state index contributed by atoms with van der Waals surface area (Å²) in [5, 5.41) is 5.58. The number of nitrogens with zero attached hydrogens (tertiary/aromatic N) is 1. The van der Waals surface area contributed by atoms with E-state index in [4.69, 9.17) is 0 Å². The predicted octanol–water partition coefficient (Wildman–Crippen LogP) is 2.80. The van der Waals surface area contributed by atoms with Gasteiger partial charge in [-0.25, -0.2) is 4.98 Å². The summed E-state index contributed by atoms with van der Waals surface area (Å²) in [7, 11) is 0. The fraction of sp³-hybridized carbons (Fsp3) is 0.211. The first-order valence-corrected chi connectivity index (χ1v) is 8.12. The monoisotopic (exact) mass is 336 g/mol. The fourth-order valence-electron chi connectivity index (χ4n) is 2.70. The van der Waals surface area contributed by atoms with Crippen LogP contribution in [0.4, 0.5) is 5.69 Å². The summed E-state index contributed by atoms with van der Waals surface area (Å²) in [6, 6.07) is 12.9. The molecule has 3 rings (SSSR count). The number of imidazole rings is 1. The molecule has 6 nitrogen and oxygen atoms in total. The van der Waals surface area contributed by atoms with E-state index in [1.54, 1.807) is 24.3 Å². The van der Waals surface area contributed by atoms with Crippen LogP contribution < -0.4 is 10.6 Å². The number of hydrogen-bond acceptors (Lipinski definition) is 3. The number of carbonyl (C=O) groups excluding carboxylic acids is 2. The molecule has 0 atom stereocenters. The summed E-state index contributed by atoms with van der Waals surface area (Å²) in [5.74, 6) is 0.562. The maximum atomic E-state index is 12.2. The van der Waals surface area contributed by atoms with E-state index in [9.17, 15) is 9.59 Å². The van der Waals surface area contributed by atoms with Crippen molar-refractivity contribution in [2.24, 2.45) is 0 Å². The van der Waals surface area contributed by atoms with Gasteiger partial charge in [0, 0.05) is 24.7 Å². The quantitative estimate of drug-likeness (QED) is 0.669. The third kappa shape index (κ3) is 4.23. The third-order valence-corrected chi connectivity index (χ3v) is 3.81. The number of hydrogen-bond donors (Lipinski definition) is 3. The normalized spacial score (nSPS) is 10.6. The molecule has 0 saturated carbocycles. The van der Waals surface area contributed by atoms with Gasteiger partial charge in [0.2, 0.25) is 5.91 Å². The van der Waals surface area contributed by atoms with Crippen LogP contribution >= 0.6 is 0 Å². The highest BCUT2D eigenvalue weighted by Gasteiger charge is 2.07. The molecule has 0 aliphatic heterocycles. The molecule has 2 amide bonds. The van der Waals surface area contributed by atoms with Crippen LogP contribution in [0.1, 0.15) is 28.7 Å². The van der Waals surface area contributed by atoms with Crippen molar-refractivity contribution in [1.29, 1.82) is 0 Å². The van der Waals surface area contributed by atoms with Crippen LogP contribution in [0.25, 0.3) is 11.0 Å². The highest BCUT2D eigenvalue weighted by Crippen LogP contribution is 2.14. The van der Waals surface area contributed by atoms with Crippen LogP contribution in [0.5, 0.6) is 0 Å². The van der Waals surface area contributed by atoms with Crippen LogP contribution in [-0.2, 0) is 11.2 Å². The maximum Gasteiger partial charge on any atom is 0.251 e. The predicted molar refractivity (Wildman–Crippen MR) is 97.6 cm³/mol. The van der Waals surface area contributed by atoms with E-state index in [-0.39, 0.29) is 11.8 Å². The fourth-order valence-corrected chi connectivity index (χ4v) is 2.70. The van der Waals surface area contributed by atoms with E-state index in [2.05, 4.69) is 26.7 Å². The minimum Gasteiger partial charge on any atom is -0.352 e. The first kappa shape index (κ1) is 16.7. The van der Waals surface area contributed by atoms with Crippen LogP contribution in [0, 0.1) is 6.92 Å². The Labute approximate surface area is 145 Å². The van der Waals surface area contributed by atoms with E-state index in [0.29, 0.717) is 17.8 Å². The zero-order chi connectivity index (χ0) is 17.8. The highest BCUT2D eigenvalue weighted by atomic mass is 16.2. The number of amides is 2. The average molecular weight is 336 g/mol. The van der Waals surface area contributed by atoms with Crippen molar-refractivity contribution >= 4 is 28.5 Å². The molecule has 2 aromatic carbocycles. The number of fused-ring (bicyclic) bond motifs is 1. The lowest BCUT2D eigenvalue weighted by molar-refractivity contribution is -0.114. The van der Waals surface area contributed by atoms with Crippen molar-refractivity contribution < 1.29 is 9.59 Å². The van der Waals surface area contributed by atoms with Crippen molar-refractivity contribution in [2.75, 3.05) is 11.9 Å². The first-order chi connectivity index (χ1) is 12.0. The Bertz CT molecular complexity index is 930. The first-order valence-electron chi connectivity index (χ1n) is 8.12. The van der Waals surface area contributed by atoms with Gasteiger partial charge in [0.05, 0.1) is 11.0 Å². The highest BCUT2D eigenvalue weighted by molar-refractivity contribution is 5.96. The molecular weight excluding hydrogens is 316 g/mol. The van der Waals surface area contributed by atoms with Gasteiger partial charge in [0.15, 0.2) is 0 Å². The van der Waals surface area contributed by atoms with Gasteiger partial charge in [-0.2, -0.15) is 0 Å². The van der Waals surface area contributed by atoms with E-state index < -0.39 is 0 Å². The van der Waals surface area contributed by atoms with Crippen molar-refractivity contribution in [2.45, 2.75) is 20.3 Å². The lowest BCUT2D eigenvalue weighted by Gasteiger charge is -2.07. The number of rotatable bonds is 5. The molecule has 0 aliphatic carbocycles. The summed E-state index contributed by atoms with van der Waals surface area (Å²) >= 11 is 0. The van der Waals surface area contributed by atoms with E-state index in [0.717, 1.165) is 28.8 Å². The van der Waals surface area contributed by atoms with E-state index in [1.807, 2.05) is 19.1 Å². The molecule has 0 spiro atoms. The number of H-pyrrole nitrogens is 1. The van der Waals surface area contributed by atoms with Crippen LogP contribution in [0.2, 0.25) is 0 Å². The molecule has 0 bridgehead atoms. The second-order valence-electron chi connectivity index (χ2n) is 5.94. The number of carbonyl (C=O) groups is 2. The minimum atomic E-state index is -0.165. The van der Waals surface area contributed by atoms with Gasteiger partial charge in [-0.3, -0.25) is 9.59 Å². The maximum absolute atomic E-state index is 12.2. The molecule has 0 saturated heterocycles. The minimum absolute atomic E-state index is 0.161. The molecule has 6 heteroatoms. The number of aromatic nitrogens is 2. The Morgan fingerprint density at radius 2 is 2.00 bits per heavy atom.